The molecule has 0 aliphatic carbocycles. The van der Waals surface area contributed by atoms with Gasteiger partial charge in [0, 0.05) is 0 Å². The summed E-state index contributed by atoms with van der Waals surface area (Å²) in [5.41, 5.74) is -0.805. The van der Waals surface area contributed by atoms with Crippen LogP contribution in [0, 0.1) is 10.8 Å². The second kappa shape index (κ2) is 4.22. The van der Waals surface area contributed by atoms with Crippen molar-refractivity contribution < 1.29 is 9.47 Å². The van der Waals surface area contributed by atoms with Gasteiger partial charge in [0.05, 0.1) is 21.9 Å². The molecule has 0 aromatic heterocycles. The summed E-state index contributed by atoms with van der Waals surface area (Å²) in [7, 11) is 0. The zero-order chi connectivity index (χ0) is 15.4. The molecule has 2 aliphatic heterocycles. The fraction of sp³-hybridized carbons (Fsp3) is 0.875. The summed E-state index contributed by atoms with van der Waals surface area (Å²) < 4.78 is 11.7. The summed E-state index contributed by atoms with van der Waals surface area (Å²) in [5, 5.41) is 0. The van der Waals surface area contributed by atoms with Crippen LogP contribution in [0.4, 0.5) is 0 Å². The molecule has 0 atom stereocenters. The molecule has 0 N–H and O–H groups in total. The van der Waals surface area contributed by atoms with Crippen molar-refractivity contribution in [3.8, 4) is 0 Å². The van der Waals surface area contributed by atoms with E-state index in [0.29, 0.717) is 13.2 Å². The van der Waals surface area contributed by atoms with Crippen molar-refractivity contribution in [1.82, 2.24) is 0 Å². The second-order valence-corrected chi connectivity index (χ2v) is 8.29. The van der Waals surface area contributed by atoms with E-state index in [1.165, 1.54) is 0 Å². The number of hydrogen-bond acceptors (Lipinski definition) is 4. The molecule has 0 unspecified atom stereocenters. The molecule has 0 amide bonds. The number of hydrogen-bond donors (Lipinski definition) is 0. The Morgan fingerprint density at radius 2 is 1.05 bits per heavy atom. The van der Waals surface area contributed by atoms with Gasteiger partial charge in [0.2, 0.25) is 0 Å². The van der Waals surface area contributed by atoms with Crippen LogP contribution in [0.5, 0.6) is 0 Å². The van der Waals surface area contributed by atoms with Crippen molar-refractivity contribution in [2.45, 2.75) is 66.5 Å². The van der Waals surface area contributed by atoms with Crippen LogP contribution in [0.1, 0.15) is 55.4 Å². The first kappa shape index (κ1) is 15.3. The topological polar surface area (TPSA) is 43.2 Å². The highest BCUT2D eigenvalue weighted by Crippen LogP contribution is 2.45. The van der Waals surface area contributed by atoms with Crippen LogP contribution in [0.15, 0.2) is 9.98 Å². The lowest BCUT2D eigenvalue weighted by Gasteiger charge is -2.39. The molecule has 20 heavy (non-hydrogen) atoms. The van der Waals surface area contributed by atoms with Gasteiger partial charge in [-0.25, -0.2) is 9.98 Å². The van der Waals surface area contributed by atoms with E-state index in [1.807, 2.05) is 0 Å². The van der Waals surface area contributed by atoms with Gasteiger partial charge in [0.25, 0.3) is 0 Å². The lowest BCUT2D eigenvalue weighted by molar-refractivity contribution is 0.168. The van der Waals surface area contributed by atoms with E-state index in [9.17, 15) is 0 Å². The predicted octanol–water partition coefficient (Wildman–Crippen LogP) is 3.45. The fourth-order valence-corrected chi connectivity index (χ4v) is 2.34. The van der Waals surface area contributed by atoms with E-state index in [-0.39, 0.29) is 21.9 Å². The number of nitrogens with zero attached hydrogens (tertiary/aromatic N) is 2. The SMILES string of the molecule is CC1(C)COC(C(C)(C)C(C)(C)C2=NC(C)(C)CO2)=N1. The van der Waals surface area contributed by atoms with Crippen LogP contribution in [-0.2, 0) is 9.47 Å². The first-order valence-corrected chi connectivity index (χ1v) is 7.34. The van der Waals surface area contributed by atoms with Crippen LogP contribution in [0.3, 0.4) is 0 Å². The highest BCUT2D eigenvalue weighted by molar-refractivity contribution is 5.94. The Morgan fingerprint density at radius 3 is 1.25 bits per heavy atom. The molecule has 114 valence electrons. The van der Waals surface area contributed by atoms with Crippen molar-refractivity contribution in [2.75, 3.05) is 13.2 Å². The lowest BCUT2D eigenvalue weighted by Crippen LogP contribution is -2.45. The quantitative estimate of drug-likeness (QED) is 0.794. The molecule has 0 aromatic carbocycles. The van der Waals surface area contributed by atoms with Crippen LogP contribution >= 0.6 is 0 Å². The molecule has 4 nitrogen and oxygen atoms in total. The Hall–Kier alpha value is -1.06. The molecule has 0 saturated heterocycles. The van der Waals surface area contributed by atoms with E-state index >= 15 is 0 Å². The minimum Gasteiger partial charge on any atom is -0.478 e. The first-order valence-electron chi connectivity index (χ1n) is 7.34. The van der Waals surface area contributed by atoms with Gasteiger partial charge in [-0.3, -0.25) is 0 Å². The van der Waals surface area contributed by atoms with Gasteiger partial charge in [-0.15, -0.1) is 0 Å². The van der Waals surface area contributed by atoms with Gasteiger partial charge in [-0.05, 0) is 27.7 Å². The van der Waals surface area contributed by atoms with E-state index < -0.39 is 0 Å². The summed E-state index contributed by atoms with van der Waals surface area (Å²) in [4.78, 5) is 9.50. The first-order chi connectivity index (χ1) is 8.87. The zero-order valence-electron chi connectivity index (χ0n) is 14.1. The van der Waals surface area contributed by atoms with E-state index in [1.54, 1.807) is 0 Å². The summed E-state index contributed by atoms with van der Waals surface area (Å²) in [5.74, 6) is 1.62. The van der Waals surface area contributed by atoms with Crippen LogP contribution in [0.2, 0.25) is 0 Å². The second-order valence-electron chi connectivity index (χ2n) is 8.29. The highest BCUT2D eigenvalue weighted by atomic mass is 16.5. The Morgan fingerprint density at radius 1 is 0.750 bits per heavy atom. The van der Waals surface area contributed by atoms with Gasteiger partial charge in [-0.1, -0.05) is 27.7 Å². The Labute approximate surface area is 122 Å². The van der Waals surface area contributed by atoms with Crippen molar-refractivity contribution in [1.29, 1.82) is 0 Å². The minimum absolute atomic E-state index is 0.139. The molecule has 0 aromatic rings. The number of rotatable bonds is 3. The third kappa shape index (κ3) is 2.45. The lowest BCUT2D eigenvalue weighted by atomic mass is 9.67. The summed E-state index contributed by atoms with van der Waals surface area (Å²) >= 11 is 0. The normalized spacial score (nSPS) is 24.8. The third-order valence-corrected chi connectivity index (χ3v) is 4.56. The minimum atomic E-state index is -0.264. The Balaban J connectivity index is 2.34. The van der Waals surface area contributed by atoms with E-state index in [0.717, 1.165) is 11.8 Å². The summed E-state index contributed by atoms with van der Waals surface area (Å²) in [6.07, 6.45) is 0. The molecule has 0 bridgehead atoms. The predicted molar refractivity (Wildman–Crippen MR) is 82.5 cm³/mol. The fourth-order valence-electron chi connectivity index (χ4n) is 2.34. The van der Waals surface area contributed by atoms with Gasteiger partial charge < -0.3 is 9.47 Å². The van der Waals surface area contributed by atoms with Crippen LogP contribution in [0.25, 0.3) is 0 Å². The average Bonchev–Trinajstić information content (AvgIpc) is 2.81. The van der Waals surface area contributed by atoms with Gasteiger partial charge in [-0.2, -0.15) is 0 Å². The molecule has 2 heterocycles. The van der Waals surface area contributed by atoms with Crippen molar-refractivity contribution in [2.24, 2.45) is 20.8 Å². The highest BCUT2D eigenvalue weighted by Gasteiger charge is 2.51. The average molecular weight is 280 g/mol. The molecule has 0 radical (unpaired) electrons. The van der Waals surface area contributed by atoms with E-state index in [4.69, 9.17) is 19.5 Å². The molecule has 0 saturated carbocycles. The molecule has 0 fully saturated rings. The summed E-state index contributed by atoms with van der Waals surface area (Å²) in [6, 6.07) is 0. The molecular formula is C16H28N2O2. The summed E-state index contributed by atoms with van der Waals surface area (Å²) in [6.45, 7) is 18.3. The standard InChI is InChI=1S/C16H28N2O2/c1-13(2)9-19-11(17-13)15(5,6)16(7,8)12-18-14(3,4)10-20-12/h9-10H2,1-8H3. The largest absolute Gasteiger partial charge is 0.478 e. The maximum absolute atomic E-state index is 5.87. The van der Waals surface area contributed by atoms with Crippen molar-refractivity contribution in [3.63, 3.8) is 0 Å². The van der Waals surface area contributed by atoms with E-state index in [2.05, 4.69) is 55.4 Å². The molecular weight excluding hydrogens is 252 g/mol. The molecule has 4 heteroatoms. The number of ether oxygens (including phenoxy) is 2. The molecule has 2 aliphatic rings. The maximum Gasteiger partial charge on any atom is 0.190 e. The van der Waals surface area contributed by atoms with Gasteiger partial charge >= 0.3 is 0 Å². The number of aliphatic imine (C=N–C) groups is 2. The monoisotopic (exact) mass is 280 g/mol. The van der Waals surface area contributed by atoms with Crippen molar-refractivity contribution in [3.05, 3.63) is 0 Å². The third-order valence-electron chi connectivity index (χ3n) is 4.56. The molecule has 2 rings (SSSR count). The van der Waals surface area contributed by atoms with Gasteiger partial charge in [0.15, 0.2) is 11.8 Å². The smallest absolute Gasteiger partial charge is 0.190 e. The van der Waals surface area contributed by atoms with Crippen LogP contribution in [-0.4, -0.2) is 36.1 Å². The Bertz CT molecular complexity index is 427. The molecule has 0 spiro atoms. The zero-order valence-corrected chi connectivity index (χ0v) is 14.1. The van der Waals surface area contributed by atoms with Gasteiger partial charge in [0.1, 0.15) is 13.2 Å². The van der Waals surface area contributed by atoms with Crippen LogP contribution < -0.4 is 0 Å². The van der Waals surface area contributed by atoms with Crippen molar-refractivity contribution >= 4 is 11.8 Å². The maximum atomic E-state index is 5.87. The Kier molecular flexibility index (Phi) is 3.23.